The van der Waals surface area contributed by atoms with Crippen LogP contribution in [-0.2, 0) is 27.9 Å². The number of phosphoric acid groups is 1. The minimum Gasteiger partial charge on any atom is -0.756 e. The normalized spacial score (nSPS) is 14.1. The lowest BCUT2D eigenvalue weighted by Crippen LogP contribution is -2.37. The molecule has 0 aliphatic rings. The van der Waals surface area contributed by atoms with Crippen molar-refractivity contribution in [2.75, 3.05) is 54.1 Å². The van der Waals surface area contributed by atoms with E-state index in [2.05, 4.69) is 74.6 Å². The fraction of sp³-hybridized carbons (Fsp3) is 0.788. The Morgan fingerprint density at radius 3 is 1.43 bits per heavy atom. The number of unbranched alkanes of at least 4 members (excludes halogenated alkanes) is 22. The number of likely N-dealkylation sites (N-methyl/N-ethyl adjacent to an activating group) is 1. The molecule has 0 spiro atoms. The van der Waals surface area contributed by atoms with Gasteiger partial charge >= 0.3 is 5.97 Å². The average Bonchev–Trinajstić information content (AvgIpc) is 3.22. The van der Waals surface area contributed by atoms with E-state index in [9.17, 15) is 14.3 Å². The number of allylic oxidation sites excluding steroid dienone is 10. The van der Waals surface area contributed by atoms with Gasteiger partial charge in [-0.15, -0.1) is 0 Å². The predicted octanol–water partition coefficient (Wildman–Crippen LogP) is 14.6. The number of ether oxygens (including phenoxy) is 2. The SMILES string of the molecule is CC/C=C\C/C=C\C/C=C\C/C=C\C/C=C\CCCCCCCCCCOCC(COP(=O)([O-])OCC[N+](C)(C)C)OC(=O)CCCCCCCCCCCCCCCCC. The molecular formula is C52H96NO7P. The Hall–Kier alpha value is -1.80. The zero-order valence-electron chi connectivity index (χ0n) is 40.4. The summed E-state index contributed by atoms with van der Waals surface area (Å²) in [6.45, 7) is 5.29. The molecule has 0 amide bonds. The van der Waals surface area contributed by atoms with Gasteiger partial charge in [-0.2, -0.15) is 0 Å². The van der Waals surface area contributed by atoms with Crippen LogP contribution in [0.3, 0.4) is 0 Å². The molecule has 0 aromatic heterocycles. The van der Waals surface area contributed by atoms with Gasteiger partial charge in [0.2, 0.25) is 0 Å². The summed E-state index contributed by atoms with van der Waals surface area (Å²) < 4.78 is 34.7. The number of quaternary nitrogens is 1. The van der Waals surface area contributed by atoms with Crippen molar-refractivity contribution in [1.29, 1.82) is 0 Å². The first-order chi connectivity index (χ1) is 29.6. The van der Waals surface area contributed by atoms with Gasteiger partial charge in [0.15, 0.2) is 0 Å². The maximum Gasteiger partial charge on any atom is 0.306 e. The minimum atomic E-state index is -4.53. The Morgan fingerprint density at radius 2 is 0.951 bits per heavy atom. The second-order valence-corrected chi connectivity index (χ2v) is 19.2. The van der Waals surface area contributed by atoms with Crippen LogP contribution in [0.4, 0.5) is 0 Å². The van der Waals surface area contributed by atoms with Gasteiger partial charge in [-0.05, 0) is 57.8 Å². The van der Waals surface area contributed by atoms with Crippen molar-refractivity contribution in [2.45, 2.75) is 213 Å². The number of esters is 1. The molecule has 0 rings (SSSR count). The molecule has 0 heterocycles. The van der Waals surface area contributed by atoms with Crippen LogP contribution in [0, 0.1) is 0 Å². The minimum absolute atomic E-state index is 0.0233. The van der Waals surface area contributed by atoms with Crippen LogP contribution < -0.4 is 4.89 Å². The van der Waals surface area contributed by atoms with E-state index >= 15 is 0 Å². The second kappa shape index (κ2) is 44.8. The number of carbonyl (C=O) groups is 1. The van der Waals surface area contributed by atoms with Gasteiger partial charge in [0, 0.05) is 13.0 Å². The lowest BCUT2D eigenvalue weighted by Gasteiger charge is -2.28. The summed E-state index contributed by atoms with van der Waals surface area (Å²) in [4.78, 5) is 25.1. The zero-order valence-corrected chi connectivity index (χ0v) is 41.2. The first kappa shape index (κ1) is 59.2. The molecule has 0 saturated carbocycles. The average molecular weight is 878 g/mol. The first-order valence-electron chi connectivity index (χ1n) is 25.0. The summed E-state index contributed by atoms with van der Waals surface area (Å²) in [7, 11) is 1.35. The molecule has 0 aromatic rings. The smallest absolute Gasteiger partial charge is 0.306 e. The van der Waals surface area contributed by atoms with E-state index < -0.39 is 13.9 Å². The molecule has 0 saturated heterocycles. The van der Waals surface area contributed by atoms with E-state index in [0.717, 1.165) is 70.6 Å². The molecule has 0 bridgehead atoms. The first-order valence-corrected chi connectivity index (χ1v) is 26.5. The van der Waals surface area contributed by atoms with Crippen LogP contribution in [0.25, 0.3) is 0 Å². The molecule has 0 fully saturated rings. The monoisotopic (exact) mass is 878 g/mol. The molecule has 0 aromatic carbocycles. The van der Waals surface area contributed by atoms with Crippen molar-refractivity contribution in [1.82, 2.24) is 0 Å². The maximum absolute atomic E-state index is 12.7. The van der Waals surface area contributed by atoms with Crippen LogP contribution in [0.15, 0.2) is 60.8 Å². The summed E-state index contributed by atoms with van der Waals surface area (Å²) in [6.07, 6.45) is 56.7. The molecule has 9 heteroatoms. The fourth-order valence-corrected chi connectivity index (χ4v) is 7.48. The number of nitrogens with zero attached hydrogens (tertiary/aromatic N) is 1. The van der Waals surface area contributed by atoms with E-state index in [-0.39, 0.29) is 25.8 Å². The van der Waals surface area contributed by atoms with Crippen molar-refractivity contribution in [3.05, 3.63) is 60.8 Å². The molecule has 61 heavy (non-hydrogen) atoms. The number of hydrogen-bond donors (Lipinski definition) is 0. The van der Waals surface area contributed by atoms with Crippen molar-refractivity contribution in [3.63, 3.8) is 0 Å². The van der Waals surface area contributed by atoms with Crippen molar-refractivity contribution in [2.24, 2.45) is 0 Å². The van der Waals surface area contributed by atoms with Crippen LogP contribution in [0.5, 0.6) is 0 Å². The Balaban J connectivity index is 4.15. The third-order valence-corrected chi connectivity index (χ3v) is 11.5. The van der Waals surface area contributed by atoms with E-state index in [4.69, 9.17) is 18.5 Å². The van der Waals surface area contributed by atoms with Crippen molar-refractivity contribution >= 4 is 13.8 Å². The summed E-state index contributed by atoms with van der Waals surface area (Å²) >= 11 is 0. The van der Waals surface area contributed by atoms with Gasteiger partial charge in [-0.25, -0.2) is 0 Å². The van der Waals surface area contributed by atoms with Crippen LogP contribution in [0.1, 0.15) is 206 Å². The highest BCUT2D eigenvalue weighted by Gasteiger charge is 2.20. The highest BCUT2D eigenvalue weighted by Crippen LogP contribution is 2.38. The topological polar surface area (TPSA) is 94.1 Å². The fourth-order valence-electron chi connectivity index (χ4n) is 6.75. The Kier molecular flexibility index (Phi) is 43.5. The number of rotatable bonds is 46. The largest absolute Gasteiger partial charge is 0.756 e. The van der Waals surface area contributed by atoms with E-state index in [1.54, 1.807) is 0 Å². The van der Waals surface area contributed by atoms with E-state index in [1.807, 2.05) is 21.1 Å². The van der Waals surface area contributed by atoms with Crippen LogP contribution in [0.2, 0.25) is 0 Å². The molecule has 2 unspecified atom stereocenters. The quantitative estimate of drug-likeness (QED) is 0.0198. The summed E-state index contributed by atoms with van der Waals surface area (Å²) in [5.41, 5.74) is 0. The maximum atomic E-state index is 12.7. The second-order valence-electron chi connectivity index (χ2n) is 17.8. The van der Waals surface area contributed by atoms with E-state index in [0.29, 0.717) is 24.1 Å². The van der Waals surface area contributed by atoms with Gasteiger partial charge in [-0.3, -0.25) is 9.36 Å². The Bertz CT molecular complexity index is 1160. The van der Waals surface area contributed by atoms with Crippen molar-refractivity contribution in [3.8, 4) is 0 Å². The molecule has 0 aliphatic carbocycles. The highest BCUT2D eigenvalue weighted by atomic mass is 31.2. The molecule has 2 atom stereocenters. The molecule has 356 valence electrons. The number of carbonyl (C=O) groups excluding carboxylic acids is 1. The van der Waals surface area contributed by atoms with Crippen molar-refractivity contribution < 1.29 is 37.3 Å². The zero-order chi connectivity index (χ0) is 44.8. The number of hydrogen-bond acceptors (Lipinski definition) is 7. The third kappa shape index (κ3) is 49.1. The predicted molar refractivity (Wildman–Crippen MR) is 259 cm³/mol. The summed E-state index contributed by atoms with van der Waals surface area (Å²) in [6, 6.07) is 0. The third-order valence-electron chi connectivity index (χ3n) is 10.6. The van der Waals surface area contributed by atoms with Gasteiger partial charge in [-0.1, -0.05) is 203 Å². The van der Waals surface area contributed by atoms with Gasteiger partial charge in [0.25, 0.3) is 7.82 Å². The summed E-state index contributed by atoms with van der Waals surface area (Å²) in [5, 5.41) is 0. The van der Waals surface area contributed by atoms with Crippen LogP contribution in [-0.4, -0.2) is 70.7 Å². The van der Waals surface area contributed by atoms with Gasteiger partial charge in [0.05, 0.1) is 34.4 Å². The molecule has 0 aliphatic heterocycles. The summed E-state index contributed by atoms with van der Waals surface area (Å²) in [5.74, 6) is -0.337. The lowest BCUT2D eigenvalue weighted by molar-refractivity contribution is -0.870. The van der Waals surface area contributed by atoms with Gasteiger partial charge in [0.1, 0.15) is 19.3 Å². The molecule has 8 nitrogen and oxygen atoms in total. The highest BCUT2D eigenvalue weighted by molar-refractivity contribution is 7.45. The Labute approximate surface area is 377 Å². The standard InChI is InChI=1S/C52H96NO7P/c1-6-8-10-12-14-16-18-20-22-23-24-25-26-27-28-29-30-32-34-36-38-40-42-44-47-57-49-51(50-59-61(55,56)58-48-46-53(3,4)5)60-52(54)45-43-41-39-37-35-33-31-21-19-17-15-13-11-9-7-2/h8,10,14,16,20,22,24-25,27-28,51H,6-7,9,11-13,15,17-19,21,23,26,29-50H2,1-5H3/b10-8-,16-14-,22-20-,25-24-,28-27-. The molecule has 0 radical (unpaired) electrons. The number of phosphoric ester groups is 1. The Morgan fingerprint density at radius 1 is 0.525 bits per heavy atom. The van der Waals surface area contributed by atoms with Gasteiger partial charge < -0.3 is 27.9 Å². The van der Waals surface area contributed by atoms with Crippen LogP contribution >= 0.6 is 7.82 Å². The lowest BCUT2D eigenvalue weighted by atomic mass is 10.0. The molecular weight excluding hydrogens is 782 g/mol. The molecule has 0 N–H and O–H groups in total. The van der Waals surface area contributed by atoms with E-state index in [1.165, 1.54) is 116 Å².